The quantitative estimate of drug-likeness (QED) is 0.148. The third-order valence-electron chi connectivity index (χ3n) is 11.0. The summed E-state index contributed by atoms with van der Waals surface area (Å²) in [5.74, 6) is -2.29. The normalized spacial score (nSPS) is 27.1. The summed E-state index contributed by atoms with van der Waals surface area (Å²) >= 11 is 0. The Balaban J connectivity index is 1.58. The van der Waals surface area contributed by atoms with E-state index in [0.29, 0.717) is 18.9 Å². The molecule has 5 rings (SSSR count). The molecule has 0 saturated carbocycles. The summed E-state index contributed by atoms with van der Waals surface area (Å²) < 4.78 is 163. The molecule has 0 spiro atoms. The minimum absolute atomic E-state index is 0.0000625. The van der Waals surface area contributed by atoms with Gasteiger partial charge in [0.05, 0.1) is 21.4 Å². The number of unbranched alkanes of at least 4 members (excludes halogenated alkanes) is 3. The van der Waals surface area contributed by atoms with E-state index in [4.69, 9.17) is 0 Å². The number of amides is 1. The lowest BCUT2D eigenvalue weighted by Crippen LogP contribution is -2.55. The van der Waals surface area contributed by atoms with Gasteiger partial charge in [0.2, 0.25) is 5.91 Å². The van der Waals surface area contributed by atoms with Crippen molar-refractivity contribution in [3.8, 4) is 0 Å². The number of nitrogens with zero attached hydrogens (tertiary/aromatic N) is 1. The van der Waals surface area contributed by atoms with Gasteiger partial charge in [-0.2, -0.15) is 26.3 Å². The molecular formula is C34H39F8NO5S2. The number of carbonyl (C=O) groups excluding carboxylic acids is 1. The molecule has 1 aliphatic carbocycles. The number of aryl methyl sites for hydroxylation is 1. The molecule has 50 heavy (non-hydrogen) atoms. The molecule has 2 aliphatic heterocycles. The fourth-order valence-corrected chi connectivity index (χ4v) is 12.6. The summed E-state index contributed by atoms with van der Waals surface area (Å²) in [6.07, 6.45) is -9.92. The summed E-state index contributed by atoms with van der Waals surface area (Å²) in [7, 11) is -8.21. The van der Waals surface area contributed by atoms with Gasteiger partial charge in [-0.3, -0.25) is 4.79 Å². The van der Waals surface area contributed by atoms with Crippen molar-refractivity contribution in [2.24, 2.45) is 5.92 Å². The zero-order valence-corrected chi connectivity index (χ0v) is 29.1. The molecule has 0 aromatic heterocycles. The van der Waals surface area contributed by atoms with E-state index in [1.807, 2.05) is 6.92 Å². The van der Waals surface area contributed by atoms with Crippen LogP contribution in [-0.2, 0) is 41.3 Å². The third-order valence-corrected chi connectivity index (χ3v) is 16.2. The van der Waals surface area contributed by atoms with E-state index < -0.39 is 76.4 Å². The highest BCUT2D eigenvalue weighted by molar-refractivity contribution is 7.93. The van der Waals surface area contributed by atoms with Gasteiger partial charge in [-0.25, -0.2) is 25.6 Å². The number of halogens is 8. The average Bonchev–Trinajstić information content (AvgIpc) is 3.44. The van der Waals surface area contributed by atoms with Gasteiger partial charge < -0.3 is 4.90 Å². The number of hydrogen-bond donors (Lipinski definition) is 0. The Hall–Kier alpha value is -2.75. The van der Waals surface area contributed by atoms with Crippen LogP contribution in [0.3, 0.4) is 0 Å². The van der Waals surface area contributed by atoms with Crippen molar-refractivity contribution >= 4 is 25.6 Å². The minimum atomic E-state index is -6.39. The molecule has 0 N–H and O–H groups in total. The van der Waals surface area contributed by atoms with E-state index >= 15 is 4.39 Å². The van der Waals surface area contributed by atoms with Gasteiger partial charge in [0.1, 0.15) is 10.6 Å². The zero-order chi connectivity index (χ0) is 37.1. The molecule has 2 aromatic carbocycles. The monoisotopic (exact) mass is 757 g/mol. The average molecular weight is 758 g/mol. The number of fused-ring (bicyclic) bond motifs is 3. The first-order valence-electron chi connectivity index (χ1n) is 16.6. The Bertz CT molecular complexity index is 1810. The molecular weight excluding hydrogens is 718 g/mol. The van der Waals surface area contributed by atoms with Crippen LogP contribution in [-0.4, -0.2) is 63.1 Å². The van der Waals surface area contributed by atoms with Crippen molar-refractivity contribution in [2.45, 2.75) is 117 Å². The maximum atomic E-state index is 15.1. The van der Waals surface area contributed by atoms with Gasteiger partial charge in [-0.1, -0.05) is 50.8 Å². The summed E-state index contributed by atoms with van der Waals surface area (Å²) in [4.78, 5) is 15.3. The van der Waals surface area contributed by atoms with E-state index in [1.165, 1.54) is 4.90 Å². The third kappa shape index (κ3) is 6.03. The molecule has 2 aromatic rings. The van der Waals surface area contributed by atoms with Crippen molar-refractivity contribution in [3.05, 3.63) is 65.0 Å². The summed E-state index contributed by atoms with van der Waals surface area (Å²) in [6, 6.07) is 4.03. The molecule has 2 unspecified atom stereocenters. The lowest BCUT2D eigenvalue weighted by atomic mass is 9.76. The zero-order valence-electron chi connectivity index (χ0n) is 27.5. The lowest BCUT2D eigenvalue weighted by Gasteiger charge is -2.44. The van der Waals surface area contributed by atoms with Crippen LogP contribution in [0.5, 0.6) is 0 Å². The van der Waals surface area contributed by atoms with Crippen LogP contribution >= 0.6 is 0 Å². The van der Waals surface area contributed by atoms with Crippen LogP contribution in [0.25, 0.3) is 0 Å². The van der Waals surface area contributed by atoms with Crippen molar-refractivity contribution in [1.82, 2.24) is 4.90 Å². The van der Waals surface area contributed by atoms with Crippen molar-refractivity contribution < 1.29 is 56.8 Å². The highest BCUT2D eigenvalue weighted by atomic mass is 32.2. The van der Waals surface area contributed by atoms with Crippen LogP contribution in [0, 0.1) is 11.7 Å². The summed E-state index contributed by atoms with van der Waals surface area (Å²) in [6.45, 7) is 3.46. The number of benzene rings is 2. The molecule has 3 aliphatic rings. The Labute approximate surface area is 286 Å². The maximum Gasteiger partial charge on any atom is 0.435 e. The Morgan fingerprint density at radius 1 is 0.940 bits per heavy atom. The Morgan fingerprint density at radius 3 is 2.18 bits per heavy atom. The second-order valence-electron chi connectivity index (χ2n) is 14.0. The van der Waals surface area contributed by atoms with Gasteiger partial charge >= 0.3 is 18.0 Å². The van der Waals surface area contributed by atoms with Crippen LogP contribution in [0.2, 0.25) is 0 Å². The maximum absolute atomic E-state index is 15.1. The van der Waals surface area contributed by atoms with E-state index in [0.717, 1.165) is 49.6 Å². The van der Waals surface area contributed by atoms with Crippen LogP contribution < -0.4 is 0 Å². The highest BCUT2D eigenvalue weighted by Gasteiger charge is 2.74. The van der Waals surface area contributed by atoms with Gasteiger partial charge in [0.15, 0.2) is 19.7 Å². The molecule has 1 amide bonds. The van der Waals surface area contributed by atoms with E-state index in [1.54, 1.807) is 6.92 Å². The van der Waals surface area contributed by atoms with Crippen molar-refractivity contribution in [3.63, 3.8) is 0 Å². The number of rotatable bonds is 9. The molecule has 4 atom stereocenters. The fourth-order valence-electron chi connectivity index (χ4n) is 8.24. The smallest absolute Gasteiger partial charge is 0.337 e. The topological polar surface area (TPSA) is 88.6 Å². The molecule has 0 bridgehead atoms. The Kier molecular flexibility index (Phi) is 10.0. The standard InChI is InChI=1S/C34H39F8NO5S2/c1-3-4-5-6-16-30(2)21-23(15-19-49(30,45)46)29(44)43-18-17-31(50(47,48)26-11-9-25(35)10-12-26)27-13-8-24(20-22(27)7-14-28(31)43)32(36,33(37,38)39)34(40,41)42/h8-13,20,23,28H,3-7,14-19,21H2,1-2H3/t23?,28-,30?,31-/m1/s1. The largest absolute Gasteiger partial charge is 0.435 e. The summed E-state index contributed by atoms with van der Waals surface area (Å²) in [5, 5.41) is 0. The number of carbonyl (C=O) groups is 1. The summed E-state index contributed by atoms with van der Waals surface area (Å²) in [5.41, 5.74) is -7.91. The first-order valence-corrected chi connectivity index (χ1v) is 19.7. The predicted octanol–water partition coefficient (Wildman–Crippen LogP) is 7.89. The first kappa shape index (κ1) is 38.5. The molecule has 2 saturated heterocycles. The van der Waals surface area contributed by atoms with Gasteiger partial charge in [0.25, 0.3) is 0 Å². The van der Waals surface area contributed by atoms with E-state index in [2.05, 4.69) is 0 Å². The van der Waals surface area contributed by atoms with Gasteiger partial charge in [-0.15, -0.1) is 0 Å². The molecule has 2 heterocycles. The second-order valence-corrected chi connectivity index (χ2v) is 18.8. The molecule has 0 radical (unpaired) electrons. The van der Waals surface area contributed by atoms with Crippen molar-refractivity contribution in [2.75, 3.05) is 12.3 Å². The Morgan fingerprint density at radius 2 is 1.58 bits per heavy atom. The van der Waals surface area contributed by atoms with Crippen LogP contribution in [0.15, 0.2) is 47.4 Å². The second kappa shape index (κ2) is 13.0. The molecule has 16 heteroatoms. The fraction of sp³-hybridized carbons (Fsp3) is 0.618. The number of hydrogen-bond acceptors (Lipinski definition) is 5. The SMILES string of the molecule is CCCCCCC1(C)CC(C(=O)N2CC[C@@]3(S(=O)(=O)c4ccc(F)cc4)c4ccc(C(F)(C(F)(F)F)C(F)(F)F)cc4CC[C@@H]23)CCS1(=O)=O. The van der Waals surface area contributed by atoms with Gasteiger partial charge in [0, 0.05) is 18.0 Å². The predicted molar refractivity (Wildman–Crippen MR) is 169 cm³/mol. The first-order chi connectivity index (χ1) is 23.1. The lowest BCUT2D eigenvalue weighted by molar-refractivity contribution is -0.348. The molecule has 6 nitrogen and oxygen atoms in total. The van der Waals surface area contributed by atoms with E-state index in [9.17, 15) is 52.4 Å². The van der Waals surface area contributed by atoms with E-state index in [-0.39, 0.29) is 66.5 Å². The van der Waals surface area contributed by atoms with Crippen LogP contribution in [0.4, 0.5) is 35.1 Å². The van der Waals surface area contributed by atoms with Crippen molar-refractivity contribution in [1.29, 1.82) is 0 Å². The number of sulfone groups is 2. The number of alkyl halides is 7. The van der Waals surface area contributed by atoms with Crippen LogP contribution in [0.1, 0.15) is 88.3 Å². The minimum Gasteiger partial charge on any atom is -0.337 e. The number of likely N-dealkylation sites (tertiary alicyclic amines) is 1. The highest BCUT2D eigenvalue weighted by Crippen LogP contribution is 2.57. The molecule has 278 valence electrons. The molecule has 2 fully saturated rings. The van der Waals surface area contributed by atoms with Gasteiger partial charge in [-0.05, 0) is 80.8 Å².